The number of aryl methyl sites for hydroxylation is 1. The zero-order chi connectivity index (χ0) is 20.8. The minimum Gasteiger partial charge on any atom is -0.493 e. The van der Waals surface area contributed by atoms with Gasteiger partial charge in [-0.2, -0.15) is 0 Å². The Bertz CT molecular complexity index is 1010. The van der Waals surface area contributed by atoms with Gasteiger partial charge in [0.1, 0.15) is 6.61 Å². The number of ether oxygens (including phenoxy) is 2. The molecule has 0 aliphatic rings. The van der Waals surface area contributed by atoms with Crippen LogP contribution in [0.25, 0.3) is 0 Å². The van der Waals surface area contributed by atoms with Crippen LogP contribution in [0, 0.1) is 6.92 Å². The summed E-state index contributed by atoms with van der Waals surface area (Å²) in [5.74, 6) is 2.01. The molecule has 29 heavy (non-hydrogen) atoms. The first-order chi connectivity index (χ1) is 14.0. The van der Waals surface area contributed by atoms with Crippen molar-refractivity contribution in [2.24, 2.45) is 7.05 Å². The van der Waals surface area contributed by atoms with Crippen LogP contribution in [0.2, 0.25) is 5.02 Å². The monoisotopic (exact) mass is 432 g/mol. The zero-order valence-corrected chi connectivity index (χ0v) is 17.9. The van der Waals surface area contributed by atoms with Gasteiger partial charge in [-0.25, -0.2) is 0 Å². The number of nitrogens with zero attached hydrogens (tertiary/aromatic N) is 3. The summed E-state index contributed by atoms with van der Waals surface area (Å²) in [6, 6.07) is 12.7. The molecule has 1 N–H and O–H groups in total. The smallest absolute Gasteiger partial charge is 0.234 e. The van der Waals surface area contributed by atoms with E-state index in [1.807, 2.05) is 38.2 Å². The van der Waals surface area contributed by atoms with E-state index in [0.717, 1.165) is 11.3 Å². The zero-order valence-electron chi connectivity index (χ0n) is 16.3. The summed E-state index contributed by atoms with van der Waals surface area (Å²) in [4.78, 5) is 12.3. The van der Waals surface area contributed by atoms with Crippen LogP contribution in [0.15, 0.2) is 47.6 Å². The van der Waals surface area contributed by atoms with Gasteiger partial charge in [0.25, 0.3) is 0 Å². The van der Waals surface area contributed by atoms with Gasteiger partial charge in [-0.05, 0) is 42.8 Å². The summed E-state index contributed by atoms with van der Waals surface area (Å²) in [7, 11) is 3.43. The maximum Gasteiger partial charge on any atom is 0.234 e. The van der Waals surface area contributed by atoms with Crippen LogP contribution in [-0.2, 0) is 18.4 Å². The third-order valence-corrected chi connectivity index (χ3v) is 5.40. The number of amides is 1. The van der Waals surface area contributed by atoms with E-state index in [0.29, 0.717) is 27.5 Å². The van der Waals surface area contributed by atoms with Crippen molar-refractivity contribution in [2.75, 3.05) is 18.2 Å². The molecule has 1 aromatic heterocycles. The number of hydrogen-bond donors (Lipinski definition) is 1. The second-order valence-corrected chi connectivity index (χ2v) is 7.57. The second kappa shape index (κ2) is 9.67. The minimum atomic E-state index is -0.129. The fraction of sp³-hybridized carbons (Fsp3) is 0.250. The molecule has 0 atom stereocenters. The highest BCUT2D eigenvalue weighted by Gasteiger charge is 2.13. The molecule has 2 aromatic carbocycles. The van der Waals surface area contributed by atoms with Gasteiger partial charge in [-0.1, -0.05) is 35.5 Å². The van der Waals surface area contributed by atoms with E-state index in [4.69, 9.17) is 21.1 Å². The Labute approximate surface area is 178 Å². The molecular weight excluding hydrogens is 412 g/mol. The molecule has 3 aromatic rings. The van der Waals surface area contributed by atoms with Crippen molar-refractivity contribution in [1.29, 1.82) is 0 Å². The number of rotatable bonds is 8. The third kappa shape index (κ3) is 5.42. The van der Waals surface area contributed by atoms with Gasteiger partial charge in [0.2, 0.25) is 5.91 Å². The lowest BCUT2D eigenvalue weighted by atomic mass is 10.2. The second-order valence-electron chi connectivity index (χ2n) is 6.19. The summed E-state index contributed by atoms with van der Waals surface area (Å²) in [6.45, 7) is 2.13. The number of thioether (sulfide) groups is 1. The number of hydrogen-bond acceptors (Lipinski definition) is 6. The van der Waals surface area contributed by atoms with E-state index in [9.17, 15) is 4.79 Å². The molecule has 152 valence electrons. The maximum atomic E-state index is 12.3. The molecular formula is C20H21ClN4O3S. The molecule has 0 bridgehead atoms. The Morgan fingerprint density at radius 1 is 1.21 bits per heavy atom. The van der Waals surface area contributed by atoms with Crippen LogP contribution in [0.4, 0.5) is 5.69 Å². The third-order valence-electron chi connectivity index (χ3n) is 4.15. The molecule has 0 saturated carbocycles. The normalized spacial score (nSPS) is 10.6. The summed E-state index contributed by atoms with van der Waals surface area (Å²) in [6.07, 6.45) is 0. The molecule has 0 aliphatic carbocycles. The number of benzene rings is 2. The van der Waals surface area contributed by atoms with Gasteiger partial charge < -0.3 is 19.4 Å². The Morgan fingerprint density at radius 2 is 1.97 bits per heavy atom. The number of halogens is 1. The van der Waals surface area contributed by atoms with E-state index in [1.165, 1.54) is 11.8 Å². The van der Waals surface area contributed by atoms with Crippen LogP contribution in [-0.4, -0.2) is 33.5 Å². The van der Waals surface area contributed by atoms with Gasteiger partial charge in [0.05, 0.1) is 12.9 Å². The summed E-state index contributed by atoms with van der Waals surface area (Å²) in [5.41, 5.74) is 1.65. The predicted molar refractivity (Wildman–Crippen MR) is 114 cm³/mol. The summed E-state index contributed by atoms with van der Waals surface area (Å²) >= 11 is 7.25. The molecule has 1 amide bonds. The lowest BCUT2D eigenvalue weighted by Gasteiger charge is -2.10. The van der Waals surface area contributed by atoms with Crippen molar-refractivity contribution < 1.29 is 14.3 Å². The van der Waals surface area contributed by atoms with Crippen LogP contribution in [0.3, 0.4) is 0 Å². The van der Waals surface area contributed by atoms with Crippen LogP contribution in [0.5, 0.6) is 11.5 Å². The summed E-state index contributed by atoms with van der Waals surface area (Å²) in [5, 5.41) is 12.4. The fourth-order valence-electron chi connectivity index (χ4n) is 2.56. The fourth-order valence-corrected chi connectivity index (χ4v) is 3.52. The Morgan fingerprint density at radius 3 is 2.69 bits per heavy atom. The predicted octanol–water partition coefficient (Wildman–Crippen LogP) is 4.10. The van der Waals surface area contributed by atoms with Crippen LogP contribution in [0.1, 0.15) is 11.4 Å². The molecule has 0 unspecified atom stereocenters. The quantitative estimate of drug-likeness (QED) is 0.540. The van der Waals surface area contributed by atoms with E-state index < -0.39 is 0 Å². The van der Waals surface area contributed by atoms with Gasteiger partial charge >= 0.3 is 0 Å². The maximum absolute atomic E-state index is 12.3. The highest BCUT2D eigenvalue weighted by Crippen LogP contribution is 2.27. The first kappa shape index (κ1) is 21.0. The highest BCUT2D eigenvalue weighted by molar-refractivity contribution is 7.99. The SMILES string of the molecule is COc1ccccc1OCc1nnc(SCC(=O)Nc2ccc(Cl)cc2C)n1C. The lowest BCUT2D eigenvalue weighted by Crippen LogP contribution is -2.15. The molecule has 0 fully saturated rings. The van der Waals surface area contributed by atoms with Gasteiger partial charge in [-0.3, -0.25) is 4.79 Å². The molecule has 0 spiro atoms. The van der Waals surface area contributed by atoms with E-state index in [-0.39, 0.29) is 18.3 Å². The Hall–Kier alpha value is -2.71. The van der Waals surface area contributed by atoms with Crippen molar-refractivity contribution in [3.63, 3.8) is 0 Å². The number of aromatic nitrogens is 3. The molecule has 0 saturated heterocycles. The minimum absolute atomic E-state index is 0.129. The van der Waals surface area contributed by atoms with Crippen molar-refractivity contribution in [2.45, 2.75) is 18.7 Å². The lowest BCUT2D eigenvalue weighted by molar-refractivity contribution is -0.113. The molecule has 7 nitrogen and oxygen atoms in total. The Balaban J connectivity index is 1.56. The largest absolute Gasteiger partial charge is 0.493 e. The number of para-hydroxylation sites is 2. The van der Waals surface area contributed by atoms with Crippen molar-refractivity contribution in [1.82, 2.24) is 14.8 Å². The van der Waals surface area contributed by atoms with Gasteiger partial charge in [0.15, 0.2) is 22.5 Å². The number of methoxy groups -OCH3 is 1. The van der Waals surface area contributed by atoms with Gasteiger partial charge in [0, 0.05) is 17.8 Å². The molecule has 9 heteroatoms. The van der Waals surface area contributed by atoms with E-state index in [2.05, 4.69) is 15.5 Å². The molecule has 0 aliphatic heterocycles. The van der Waals surface area contributed by atoms with Gasteiger partial charge in [-0.15, -0.1) is 10.2 Å². The molecule has 1 heterocycles. The van der Waals surface area contributed by atoms with E-state index in [1.54, 1.807) is 29.9 Å². The first-order valence-electron chi connectivity index (χ1n) is 8.81. The topological polar surface area (TPSA) is 78.3 Å². The molecule has 3 rings (SSSR count). The number of anilines is 1. The van der Waals surface area contributed by atoms with Crippen molar-refractivity contribution in [3.8, 4) is 11.5 Å². The first-order valence-corrected chi connectivity index (χ1v) is 10.2. The number of nitrogens with one attached hydrogen (secondary N) is 1. The summed E-state index contributed by atoms with van der Waals surface area (Å²) < 4.78 is 12.9. The molecule has 0 radical (unpaired) electrons. The van der Waals surface area contributed by atoms with Crippen LogP contribution < -0.4 is 14.8 Å². The van der Waals surface area contributed by atoms with Crippen molar-refractivity contribution in [3.05, 3.63) is 58.9 Å². The standard InChI is InChI=1S/C20H21ClN4O3S/c1-13-10-14(21)8-9-15(13)22-19(26)12-29-20-24-23-18(25(20)2)11-28-17-7-5-4-6-16(17)27-3/h4-10H,11-12H2,1-3H3,(H,22,26). The average Bonchev–Trinajstić information content (AvgIpc) is 3.06. The van der Waals surface area contributed by atoms with Crippen molar-refractivity contribution >= 4 is 35.0 Å². The van der Waals surface area contributed by atoms with Crippen LogP contribution >= 0.6 is 23.4 Å². The van der Waals surface area contributed by atoms with E-state index >= 15 is 0 Å². The highest BCUT2D eigenvalue weighted by atomic mass is 35.5. The average molecular weight is 433 g/mol. The number of carbonyl (C=O) groups excluding carboxylic acids is 1. The Kier molecular flexibility index (Phi) is 7.00. The number of carbonyl (C=O) groups is 1.